The molecule has 1 aliphatic rings. The van der Waals surface area contributed by atoms with Gasteiger partial charge in [0.2, 0.25) is 0 Å². The Hall–Kier alpha value is -4.65. The van der Waals surface area contributed by atoms with Crippen molar-refractivity contribution in [1.82, 2.24) is 4.98 Å². The first-order valence-corrected chi connectivity index (χ1v) is 13.6. The van der Waals surface area contributed by atoms with Gasteiger partial charge in [0.1, 0.15) is 11.6 Å². The fourth-order valence-electron chi connectivity index (χ4n) is 5.94. The molecule has 0 aliphatic heterocycles. The first-order chi connectivity index (χ1) is 19.9. The average Bonchev–Trinajstić information content (AvgIpc) is 3.38. The number of esters is 2. The monoisotopic (exact) mass is 551 g/mol. The maximum atomic E-state index is 14.1. The van der Waals surface area contributed by atoms with E-state index in [0.717, 1.165) is 38.5 Å². The van der Waals surface area contributed by atoms with Gasteiger partial charge in [0.15, 0.2) is 5.41 Å². The Bertz CT molecular complexity index is 1680. The zero-order valence-corrected chi connectivity index (χ0v) is 22.7. The number of nitrogens with zero attached hydrogens (tertiary/aromatic N) is 1. The smallest absolute Gasteiger partial charge is 0.324 e. The highest BCUT2D eigenvalue weighted by Crippen LogP contribution is 2.51. The van der Waals surface area contributed by atoms with Gasteiger partial charge in [-0.05, 0) is 78.1 Å². The van der Waals surface area contributed by atoms with Crippen LogP contribution in [0.15, 0.2) is 78.9 Å². The predicted molar refractivity (Wildman–Crippen MR) is 153 cm³/mol. The van der Waals surface area contributed by atoms with Gasteiger partial charge in [-0.25, -0.2) is 13.8 Å². The summed E-state index contributed by atoms with van der Waals surface area (Å²) in [5.74, 6) is -2.09. The number of ether oxygens (including phenoxy) is 2. The molecule has 0 unspecified atom stereocenters. The van der Waals surface area contributed by atoms with Crippen LogP contribution >= 0.6 is 0 Å². The largest absolute Gasteiger partial charge is 0.465 e. The SMILES string of the molecule is CCOC(=O)C1(C(=O)OCC)Cc2c(c(-c3ccc(F)cc3)c3nc4ccccc4cc3c2-c2ccc(F)cc2)C1. The van der Waals surface area contributed by atoms with E-state index in [-0.39, 0.29) is 37.7 Å². The van der Waals surface area contributed by atoms with E-state index in [1.807, 2.05) is 30.3 Å². The topological polar surface area (TPSA) is 65.5 Å². The molecule has 5 nitrogen and oxygen atoms in total. The maximum absolute atomic E-state index is 14.1. The number of carbonyl (C=O) groups is 2. The third kappa shape index (κ3) is 4.42. The van der Waals surface area contributed by atoms with Crippen LogP contribution in [0.4, 0.5) is 8.78 Å². The van der Waals surface area contributed by atoms with Crippen LogP contribution in [0.2, 0.25) is 0 Å². The summed E-state index contributed by atoms with van der Waals surface area (Å²) in [6.45, 7) is 3.58. The van der Waals surface area contributed by atoms with Crippen molar-refractivity contribution in [3.63, 3.8) is 0 Å². The molecule has 41 heavy (non-hydrogen) atoms. The van der Waals surface area contributed by atoms with Crippen molar-refractivity contribution in [1.29, 1.82) is 0 Å². The van der Waals surface area contributed by atoms with Crippen LogP contribution < -0.4 is 0 Å². The fourth-order valence-corrected chi connectivity index (χ4v) is 5.94. The van der Waals surface area contributed by atoms with Crippen LogP contribution in [0.25, 0.3) is 44.1 Å². The number of halogens is 2. The lowest BCUT2D eigenvalue weighted by Crippen LogP contribution is -2.43. The Balaban J connectivity index is 1.76. The van der Waals surface area contributed by atoms with Crippen molar-refractivity contribution in [2.75, 3.05) is 13.2 Å². The number of rotatable bonds is 6. The lowest BCUT2D eigenvalue weighted by molar-refractivity contribution is -0.171. The van der Waals surface area contributed by atoms with E-state index in [4.69, 9.17) is 14.5 Å². The van der Waals surface area contributed by atoms with Crippen molar-refractivity contribution in [3.8, 4) is 22.3 Å². The van der Waals surface area contributed by atoms with E-state index in [1.165, 1.54) is 24.3 Å². The molecule has 4 aromatic carbocycles. The van der Waals surface area contributed by atoms with Crippen LogP contribution in [-0.4, -0.2) is 30.1 Å². The summed E-state index contributed by atoms with van der Waals surface area (Å²) in [5.41, 5.74) is 4.15. The summed E-state index contributed by atoms with van der Waals surface area (Å²) in [6.07, 6.45) is 0.0506. The minimum absolute atomic E-state index is 0.0192. The Morgan fingerprint density at radius 3 is 1.83 bits per heavy atom. The van der Waals surface area contributed by atoms with Gasteiger partial charge in [-0.3, -0.25) is 9.59 Å². The molecule has 0 bridgehead atoms. The molecule has 0 amide bonds. The molecule has 206 valence electrons. The third-order valence-electron chi connectivity index (χ3n) is 7.75. The van der Waals surface area contributed by atoms with Crippen molar-refractivity contribution < 1.29 is 27.8 Å². The summed E-state index contributed by atoms with van der Waals surface area (Å²) in [6, 6.07) is 22.0. The van der Waals surface area contributed by atoms with Crippen LogP contribution in [-0.2, 0) is 31.9 Å². The second-order valence-electron chi connectivity index (χ2n) is 10.2. The van der Waals surface area contributed by atoms with E-state index in [9.17, 15) is 18.4 Å². The Labute approximate surface area is 235 Å². The van der Waals surface area contributed by atoms with Crippen molar-refractivity contribution in [3.05, 3.63) is 102 Å². The highest BCUT2D eigenvalue weighted by molar-refractivity contribution is 6.12. The third-order valence-corrected chi connectivity index (χ3v) is 7.75. The number of carbonyl (C=O) groups excluding carboxylic acids is 2. The number of hydrogen-bond donors (Lipinski definition) is 0. The van der Waals surface area contributed by atoms with Crippen LogP contribution in [0.1, 0.15) is 25.0 Å². The molecule has 1 heterocycles. The molecular weight excluding hydrogens is 524 g/mol. The zero-order chi connectivity index (χ0) is 28.7. The van der Waals surface area contributed by atoms with Crippen LogP contribution in [0, 0.1) is 17.0 Å². The van der Waals surface area contributed by atoms with Gasteiger partial charge < -0.3 is 9.47 Å². The van der Waals surface area contributed by atoms with Crippen LogP contribution in [0.5, 0.6) is 0 Å². The lowest BCUT2D eigenvalue weighted by atomic mass is 9.84. The summed E-state index contributed by atoms with van der Waals surface area (Å²) in [4.78, 5) is 32.2. The number of pyridine rings is 1. The fraction of sp³-hybridized carbons (Fsp3) is 0.206. The first kappa shape index (κ1) is 26.6. The quantitative estimate of drug-likeness (QED) is 0.127. The maximum Gasteiger partial charge on any atom is 0.324 e. The summed E-state index contributed by atoms with van der Waals surface area (Å²) < 4.78 is 39.0. The normalized spacial score (nSPS) is 13.8. The Morgan fingerprint density at radius 2 is 1.27 bits per heavy atom. The van der Waals surface area contributed by atoms with Gasteiger partial charge in [-0.1, -0.05) is 42.5 Å². The predicted octanol–water partition coefficient (Wildman–Crippen LogP) is 7.21. The van der Waals surface area contributed by atoms with Gasteiger partial charge in [0.05, 0.1) is 24.2 Å². The number of para-hydroxylation sites is 1. The first-order valence-electron chi connectivity index (χ1n) is 13.6. The summed E-state index contributed by atoms with van der Waals surface area (Å²) >= 11 is 0. The number of aromatic nitrogens is 1. The van der Waals surface area contributed by atoms with Gasteiger partial charge in [0.25, 0.3) is 0 Å². The molecule has 1 aromatic heterocycles. The zero-order valence-electron chi connectivity index (χ0n) is 22.7. The van der Waals surface area contributed by atoms with Crippen LogP contribution in [0.3, 0.4) is 0 Å². The molecule has 5 aromatic rings. The minimum Gasteiger partial charge on any atom is -0.465 e. The van der Waals surface area contributed by atoms with E-state index >= 15 is 0 Å². The van der Waals surface area contributed by atoms with Gasteiger partial charge in [-0.15, -0.1) is 0 Å². The van der Waals surface area contributed by atoms with Gasteiger partial charge >= 0.3 is 11.9 Å². The number of hydrogen-bond acceptors (Lipinski definition) is 5. The van der Waals surface area contributed by atoms with E-state index in [1.54, 1.807) is 38.1 Å². The van der Waals surface area contributed by atoms with Crippen molar-refractivity contribution >= 4 is 33.7 Å². The molecule has 0 atom stereocenters. The second-order valence-corrected chi connectivity index (χ2v) is 10.2. The highest BCUT2D eigenvalue weighted by Gasteiger charge is 2.54. The molecule has 1 aliphatic carbocycles. The van der Waals surface area contributed by atoms with E-state index < -0.39 is 17.4 Å². The molecule has 0 spiro atoms. The van der Waals surface area contributed by atoms with E-state index in [0.29, 0.717) is 16.6 Å². The molecule has 0 N–H and O–H groups in total. The molecule has 0 radical (unpaired) electrons. The summed E-state index contributed by atoms with van der Waals surface area (Å²) in [5, 5.41) is 1.67. The standard InChI is InChI=1S/C34H27F2NO4/c1-3-40-32(38)34(33(39)41-4-2)18-26-27(19-34)30(21-11-15-24(36)16-12-21)31-25(17-22-7-5-6-8-28(22)37-31)29(26)20-9-13-23(35)14-10-20/h5-17H,3-4,18-19H2,1-2H3. The molecule has 0 fully saturated rings. The number of benzene rings is 4. The lowest BCUT2D eigenvalue weighted by Gasteiger charge is -2.24. The second kappa shape index (κ2) is 10.4. The molecule has 7 heteroatoms. The Morgan fingerprint density at radius 1 is 0.756 bits per heavy atom. The highest BCUT2D eigenvalue weighted by atomic mass is 19.1. The van der Waals surface area contributed by atoms with Crippen molar-refractivity contribution in [2.24, 2.45) is 5.41 Å². The van der Waals surface area contributed by atoms with Gasteiger partial charge in [-0.2, -0.15) is 0 Å². The molecule has 6 rings (SSSR count). The van der Waals surface area contributed by atoms with Crippen molar-refractivity contribution in [2.45, 2.75) is 26.7 Å². The summed E-state index contributed by atoms with van der Waals surface area (Å²) in [7, 11) is 0. The molecule has 0 saturated carbocycles. The average molecular weight is 552 g/mol. The van der Waals surface area contributed by atoms with Gasteiger partial charge in [0, 0.05) is 29.2 Å². The number of fused-ring (bicyclic) bond motifs is 3. The minimum atomic E-state index is -1.62. The molecular formula is C34H27F2NO4. The Kier molecular flexibility index (Phi) is 6.73. The molecule has 0 saturated heterocycles. The van der Waals surface area contributed by atoms with E-state index in [2.05, 4.69) is 0 Å².